The zero-order valence-electron chi connectivity index (χ0n) is 11.8. The number of methoxy groups -OCH3 is 1. The summed E-state index contributed by atoms with van der Waals surface area (Å²) < 4.78 is 5.19. The summed E-state index contributed by atoms with van der Waals surface area (Å²) in [4.78, 5) is 17.7. The van der Waals surface area contributed by atoms with Crippen molar-refractivity contribution in [2.45, 2.75) is 12.8 Å². The second-order valence-electron chi connectivity index (χ2n) is 5.46. The molecule has 0 aliphatic carbocycles. The molecule has 1 aliphatic heterocycles. The lowest BCUT2D eigenvalue weighted by molar-refractivity contribution is 0.0609. The second kappa shape index (κ2) is 5.67. The predicted octanol–water partition coefficient (Wildman–Crippen LogP) is 2.67. The van der Waals surface area contributed by atoms with Crippen molar-refractivity contribution in [3.8, 4) is 0 Å². The molecule has 1 aliphatic rings. The number of carbonyl (C=O) groups excluding carboxylic acids is 1. The Balaban J connectivity index is 1.70. The number of carbonyl (C=O) groups is 1. The highest BCUT2D eigenvalue weighted by Gasteiger charge is 2.24. The Morgan fingerprint density at radius 2 is 2.10 bits per heavy atom. The Morgan fingerprint density at radius 1 is 1.35 bits per heavy atom. The van der Waals surface area contributed by atoms with Crippen LogP contribution in [-0.4, -0.2) is 42.6 Å². The van der Waals surface area contributed by atoms with Gasteiger partial charge in [0.2, 0.25) is 0 Å². The molecule has 0 spiro atoms. The van der Waals surface area contributed by atoms with Crippen LogP contribution in [-0.2, 0) is 4.74 Å². The summed E-state index contributed by atoms with van der Waals surface area (Å²) in [6.07, 6.45) is 2.06. The second-order valence-corrected chi connectivity index (χ2v) is 5.46. The molecule has 0 saturated carbocycles. The van der Waals surface area contributed by atoms with Crippen molar-refractivity contribution < 1.29 is 9.53 Å². The summed E-state index contributed by atoms with van der Waals surface area (Å²) in [5, 5.41) is 1.09. The highest BCUT2D eigenvalue weighted by Crippen LogP contribution is 2.21. The molecule has 20 heavy (non-hydrogen) atoms. The van der Waals surface area contributed by atoms with Gasteiger partial charge in [-0.25, -0.2) is 0 Å². The predicted molar refractivity (Wildman–Crippen MR) is 78.8 cm³/mol. The third-order valence-corrected chi connectivity index (χ3v) is 4.06. The smallest absolute Gasteiger partial charge is 0.270 e. The van der Waals surface area contributed by atoms with Crippen LogP contribution in [0.25, 0.3) is 10.9 Å². The SMILES string of the molecule is COCC1CCN(C(=O)c2cc3ccccc3[nH]2)CC1. The Hall–Kier alpha value is -1.81. The van der Waals surface area contributed by atoms with E-state index in [4.69, 9.17) is 4.74 Å². The molecule has 1 amide bonds. The van der Waals surface area contributed by atoms with Crippen molar-refractivity contribution in [3.05, 3.63) is 36.0 Å². The molecule has 106 valence electrons. The minimum Gasteiger partial charge on any atom is -0.384 e. The van der Waals surface area contributed by atoms with E-state index in [1.54, 1.807) is 7.11 Å². The molecular weight excluding hydrogens is 252 g/mol. The van der Waals surface area contributed by atoms with Crippen LogP contribution in [0.15, 0.2) is 30.3 Å². The molecule has 0 radical (unpaired) electrons. The first-order valence-electron chi connectivity index (χ1n) is 7.14. The Bertz CT molecular complexity index is 564. The molecule has 1 aromatic carbocycles. The average Bonchev–Trinajstić information content (AvgIpc) is 2.91. The van der Waals surface area contributed by atoms with E-state index in [2.05, 4.69) is 4.98 Å². The van der Waals surface area contributed by atoms with E-state index >= 15 is 0 Å². The van der Waals surface area contributed by atoms with E-state index in [9.17, 15) is 4.79 Å². The van der Waals surface area contributed by atoms with Crippen molar-refractivity contribution in [1.82, 2.24) is 9.88 Å². The van der Waals surface area contributed by atoms with Gasteiger partial charge in [-0.05, 0) is 30.9 Å². The normalized spacial score (nSPS) is 16.8. The van der Waals surface area contributed by atoms with Gasteiger partial charge < -0.3 is 14.6 Å². The molecule has 0 unspecified atom stereocenters. The molecule has 1 N–H and O–H groups in total. The number of aromatic amines is 1. The number of fused-ring (bicyclic) bond motifs is 1. The van der Waals surface area contributed by atoms with Crippen molar-refractivity contribution in [2.75, 3.05) is 26.8 Å². The minimum atomic E-state index is 0.108. The van der Waals surface area contributed by atoms with E-state index in [0.29, 0.717) is 11.6 Å². The van der Waals surface area contributed by atoms with E-state index in [1.165, 1.54) is 0 Å². The van der Waals surface area contributed by atoms with E-state index in [-0.39, 0.29) is 5.91 Å². The minimum absolute atomic E-state index is 0.108. The van der Waals surface area contributed by atoms with Crippen LogP contribution in [0.2, 0.25) is 0 Å². The Morgan fingerprint density at radius 3 is 2.80 bits per heavy atom. The number of aromatic nitrogens is 1. The molecule has 1 saturated heterocycles. The summed E-state index contributed by atoms with van der Waals surface area (Å²) >= 11 is 0. The fourth-order valence-electron chi connectivity index (χ4n) is 2.90. The van der Waals surface area contributed by atoms with Crippen LogP contribution in [0.5, 0.6) is 0 Å². The molecule has 2 heterocycles. The quantitative estimate of drug-likeness (QED) is 0.933. The van der Waals surface area contributed by atoms with Gasteiger partial charge in [-0.15, -0.1) is 0 Å². The van der Waals surface area contributed by atoms with Gasteiger partial charge in [-0.2, -0.15) is 0 Å². The van der Waals surface area contributed by atoms with Gasteiger partial charge in [-0.1, -0.05) is 18.2 Å². The average molecular weight is 272 g/mol. The zero-order valence-corrected chi connectivity index (χ0v) is 11.8. The first kappa shape index (κ1) is 13.2. The number of rotatable bonds is 3. The number of hydrogen-bond acceptors (Lipinski definition) is 2. The highest BCUT2D eigenvalue weighted by molar-refractivity contribution is 5.98. The summed E-state index contributed by atoms with van der Waals surface area (Å²) in [5.74, 6) is 0.698. The van der Waals surface area contributed by atoms with Crippen LogP contribution in [0, 0.1) is 5.92 Å². The van der Waals surface area contributed by atoms with Gasteiger partial charge in [0, 0.05) is 37.7 Å². The van der Waals surface area contributed by atoms with Gasteiger partial charge in [0.25, 0.3) is 5.91 Å². The first-order valence-corrected chi connectivity index (χ1v) is 7.14. The number of H-pyrrole nitrogens is 1. The lowest BCUT2D eigenvalue weighted by Crippen LogP contribution is -2.39. The number of benzene rings is 1. The number of para-hydroxylation sites is 1. The molecule has 4 nitrogen and oxygen atoms in total. The monoisotopic (exact) mass is 272 g/mol. The van der Waals surface area contributed by atoms with Gasteiger partial charge in [-0.3, -0.25) is 4.79 Å². The highest BCUT2D eigenvalue weighted by atomic mass is 16.5. The van der Waals surface area contributed by atoms with Crippen LogP contribution >= 0.6 is 0 Å². The summed E-state index contributed by atoms with van der Waals surface area (Å²) in [6.45, 7) is 2.44. The fraction of sp³-hybridized carbons (Fsp3) is 0.438. The van der Waals surface area contributed by atoms with Crippen LogP contribution in [0.3, 0.4) is 0 Å². The fourth-order valence-corrected chi connectivity index (χ4v) is 2.90. The van der Waals surface area contributed by atoms with E-state index < -0.39 is 0 Å². The van der Waals surface area contributed by atoms with Crippen molar-refractivity contribution >= 4 is 16.8 Å². The Kier molecular flexibility index (Phi) is 3.74. The number of ether oxygens (including phenoxy) is 1. The standard InChI is InChI=1S/C16H20N2O2/c1-20-11-12-6-8-18(9-7-12)16(19)15-10-13-4-2-3-5-14(13)17-15/h2-5,10,12,17H,6-9,11H2,1H3. The third kappa shape index (κ3) is 2.56. The van der Waals surface area contributed by atoms with Gasteiger partial charge in [0.05, 0.1) is 0 Å². The van der Waals surface area contributed by atoms with Crippen molar-refractivity contribution in [3.63, 3.8) is 0 Å². The summed E-state index contributed by atoms with van der Waals surface area (Å²) in [5.41, 5.74) is 1.71. The topological polar surface area (TPSA) is 45.3 Å². The third-order valence-electron chi connectivity index (χ3n) is 4.06. The maximum atomic E-state index is 12.5. The van der Waals surface area contributed by atoms with Crippen LogP contribution < -0.4 is 0 Å². The lowest BCUT2D eigenvalue weighted by atomic mass is 9.97. The van der Waals surface area contributed by atoms with E-state index in [0.717, 1.165) is 43.4 Å². The van der Waals surface area contributed by atoms with Crippen LogP contribution in [0.1, 0.15) is 23.3 Å². The maximum Gasteiger partial charge on any atom is 0.270 e. The first-order chi connectivity index (χ1) is 9.78. The molecule has 1 fully saturated rings. The number of hydrogen-bond donors (Lipinski definition) is 1. The zero-order chi connectivity index (χ0) is 13.9. The number of piperidine rings is 1. The Labute approximate surface area is 118 Å². The number of amides is 1. The summed E-state index contributed by atoms with van der Waals surface area (Å²) in [6, 6.07) is 9.92. The van der Waals surface area contributed by atoms with Crippen LogP contribution in [0.4, 0.5) is 0 Å². The van der Waals surface area contributed by atoms with Gasteiger partial charge >= 0.3 is 0 Å². The largest absolute Gasteiger partial charge is 0.384 e. The molecule has 1 aromatic heterocycles. The maximum absolute atomic E-state index is 12.5. The van der Waals surface area contributed by atoms with E-state index in [1.807, 2.05) is 35.2 Å². The molecule has 0 bridgehead atoms. The molecular formula is C16H20N2O2. The van der Waals surface area contributed by atoms with Crippen molar-refractivity contribution in [2.24, 2.45) is 5.92 Å². The molecule has 0 atom stereocenters. The lowest BCUT2D eigenvalue weighted by Gasteiger charge is -2.31. The van der Waals surface area contributed by atoms with Crippen molar-refractivity contribution in [1.29, 1.82) is 0 Å². The number of nitrogens with zero attached hydrogens (tertiary/aromatic N) is 1. The molecule has 4 heteroatoms. The number of nitrogens with one attached hydrogen (secondary N) is 1. The molecule has 2 aromatic rings. The van der Waals surface area contributed by atoms with Gasteiger partial charge in [0.1, 0.15) is 5.69 Å². The number of likely N-dealkylation sites (tertiary alicyclic amines) is 1. The molecule has 3 rings (SSSR count). The van der Waals surface area contributed by atoms with Gasteiger partial charge in [0.15, 0.2) is 0 Å². The summed E-state index contributed by atoms with van der Waals surface area (Å²) in [7, 11) is 1.74.